The number of furan rings is 1. The van der Waals surface area contributed by atoms with Gasteiger partial charge in [-0.25, -0.2) is 4.39 Å². The summed E-state index contributed by atoms with van der Waals surface area (Å²) in [4.78, 5) is 17.7. The van der Waals surface area contributed by atoms with Crippen LogP contribution in [0.15, 0.2) is 51.6 Å². The van der Waals surface area contributed by atoms with Crippen LogP contribution in [-0.4, -0.2) is 34.5 Å². The van der Waals surface area contributed by atoms with Crippen molar-refractivity contribution in [2.75, 3.05) is 13.6 Å². The summed E-state index contributed by atoms with van der Waals surface area (Å²) in [6, 6.07) is 9.43. The molecular weight excluding hydrogens is 301 g/mol. The second-order valence-corrected chi connectivity index (χ2v) is 4.95. The summed E-state index contributed by atoms with van der Waals surface area (Å²) in [6.45, 7) is 0.385. The number of hydrogen-bond acceptors (Lipinski definition) is 5. The van der Waals surface area contributed by atoms with Crippen molar-refractivity contribution in [2.45, 2.75) is 6.42 Å². The molecule has 1 aromatic carbocycles. The lowest BCUT2D eigenvalue weighted by Gasteiger charge is -2.14. The molecule has 0 aliphatic rings. The van der Waals surface area contributed by atoms with Crippen molar-refractivity contribution in [3.63, 3.8) is 0 Å². The zero-order chi connectivity index (χ0) is 16.2. The van der Waals surface area contributed by atoms with E-state index in [1.807, 2.05) is 0 Å². The van der Waals surface area contributed by atoms with Crippen LogP contribution in [0.2, 0.25) is 0 Å². The van der Waals surface area contributed by atoms with Gasteiger partial charge in [-0.05, 0) is 24.3 Å². The highest BCUT2D eigenvalue weighted by Crippen LogP contribution is 2.20. The van der Waals surface area contributed by atoms with E-state index in [-0.39, 0.29) is 23.1 Å². The third-order valence-corrected chi connectivity index (χ3v) is 3.32. The van der Waals surface area contributed by atoms with Crippen molar-refractivity contribution in [2.24, 2.45) is 0 Å². The van der Waals surface area contributed by atoms with Crippen LogP contribution >= 0.6 is 0 Å². The fourth-order valence-electron chi connectivity index (χ4n) is 2.06. The van der Waals surface area contributed by atoms with Gasteiger partial charge >= 0.3 is 0 Å². The Morgan fingerprint density at radius 2 is 2.09 bits per heavy atom. The SMILES string of the molecule is CN(CCc1noc(-c2ccccc2F)n1)C(=O)c1ccco1. The van der Waals surface area contributed by atoms with Gasteiger partial charge in [0.2, 0.25) is 0 Å². The van der Waals surface area contributed by atoms with Crippen LogP contribution in [0.5, 0.6) is 0 Å². The Morgan fingerprint density at radius 3 is 2.83 bits per heavy atom. The summed E-state index contributed by atoms with van der Waals surface area (Å²) in [5, 5.41) is 3.81. The molecule has 2 heterocycles. The Morgan fingerprint density at radius 1 is 1.26 bits per heavy atom. The summed E-state index contributed by atoms with van der Waals surface area (Å²) in [7, 11) is 1.66. The smallest absolute Gasteiger partial charge is 0.289 e. The molecule has 118 valence electrons. The van der Waals surface area contributed by atoms with Crippen LogP contribution in [-0.2, 0) is 6.42 Å². The Balaban J connectivity index is 1.64. The standard InChI is InChI=1S/C16H14FN3O3/c1-20(16(21)13-7-4-10-22-13)9-8-14-18-15(23-19-14)11-5-2-3-6-12(11)17/h2-7,10H,8-9H2,1H3. The number of hydrogen-bond donors (Lipinski definition) is 0. The zero-order valence-electron chi connectivity index (χ0n) is 12.4. The fraction of sp³-hybridized carbons (Fsp3) is 0.188. The lowest BCUT2D eigenvalue weighted by molar-refractivity contribution is 0.0764. The Bertz CT molecular complexity index is 799. The molecule has 0 saturated heterocycles. The molecule has 1 amide bonds. The summed E-state index contributed by atoms with van der Waals surface area (Å²) in [5.74, 6) is 0.147. The molecule has 0 spiro atoms. The van der Waals surface area contributed by atoms with E-state index in [1.54, 1.807) is 37.4 Å². The third kappa shape index (κ3) is 3.28. The maximum Gasteiger partial charge on any atom is 0.289 e. The second-order valence-electron chi connectivity index (χ2n) is 4.95. The van der Waals surface area contributed by atoms with Gasteiger partial charge in [-0.2, -0.15) is 4.98 Å². The molecule has 0 bridgehead atoms. The molecule has 3 rings (SSSR count). The van der Waals surface area contributed by atoms with Crippen molar-refractivity contribution in [3.8, 4) is 11.5 Å². The minimum Gasteiger partial charge on any atom is -0.459 e. The number of halogens is 1. The highest BCUT2D eigenvalue weighted by Gasteiger charge is 2.16. The van der Waals surface area contributed by atoms with Crippen molar-refractivity contribution < 1.29 is 18.1 Å². The van der Waals surface area contributed by atoms with Gasteiger partial charge in [0.25, 0.3) is 11.8 Å². The molecule has 0 unspecified atom stereocenters. The predicted molar refractivity (Wildman–Crippen MR) is 79.1 cm³/mol. The number of rotatable bonds is 5. The Kier molecular flexibility index (Phi) is 4.18. The Labute approximate surface area is 131 Å². The third-order valence-electron chi connectivity index (χ3n) is 3.32. The molecule has 0 fully saturated rings. The van der Waals surface area contributed by atoms with Crippen molar-refractivity contribution in [1.29, 1.82) is 0 Å². The molecule has 0 atom stereocenters. The topological polar surface area (TPSA) is 72.4 Å². The normalized spacial score (nSPS) is 10.7. The summed E-state index contributed by atoms with van der Waals surface area (Å²) < 4.78 is 23.8. The number of benzene rings is 1. The summed E-state index contributed by atoms with van der Waals surface area (Å²) in [6.07, 6.45) is 1.84. The van der Waals surface area contributed by atoms with E-state index >= 15 is 0 Å². The monoisotopic (exact) mass is 315 g/mol. The second kappa shape index (κ2) is 6.43. The first kappa shape index (κ1) is 15.0. The average Bonchev–Trinajstić information content (AvgIpc) is 3.24. The van der Waals surface area contributed by atoms with Crippen LogP contribution in [0, 0.1) is 5.82 Å². The van der Waals surface area contributed by atoms with E-state index in [9.17, 15) is 9.18 Å². The van der Waals surface area contributed by atoms with E-state index < -0.39 is 5.82 Å². The first-order valence-electron chi connectivity index (χ1n) is 7.01. The highest BCUT2D eigenvalue weighted by atomic mass is 19.1. The predicted octanol–water partition coefficient (Wildman–Crippen LogP) is 2.78. The molecule has 0 saturated carbocycles. The molecule has 7 heteroatoms. The van der Waals surface area contributed by atoms with Crippen molar-refractivity contribution in [1.82, 2.24) is 15.0 Å². The molecular formula is C16H14FN3O3. The number of carbonyl (C=O) groups excluding carboxylic acids is 1. The number of aromatic nitrogens is 2. The number of nitrogens with zero attached hydrogens (tertiary/aromatic N) is 3. The Hall–Kier alpha value is -2.96. The van der Waals surface area contributed by atoms with E-state index in [0.717, 1.165) is 0 Å². The molecule has 0 aliphatic carbocycles. The maximum atomic E-state index is 13.7. The zero-order valence-corrected chi connectivity index (χ0v) is 12.4. The maximum absolute atomic E-state index is 13.7. The largest absolute Gasteiger partial charge is 0.459 e. The lowest BCUT2D eigenvalue weighted by Crippen LogP contribution is -2.28. The van der Waals surface area contributed by atoms with E-state index in [1.165, 1.54) is 17.2 Å². The fourth-order valence-corrected chi connectivity index (χ4v) is 2.06. The van der Waals surface area contributed by atoms with Crippen LogP contribution in [0.1, 0.15) is 16.4 Å². The van der Waals surface area contributed by atoms with E-state index in [2.05, 4.69) is 10.1 Å². The highest BCUT2D eigenvalue weighted by molar-refractivity contribution is 5.91. The number of carbonyl (C=O) groups is 1. The van der Waals surface area contributed by atoms with E-state index in [4.69, 9.17) is 8.94 Å². The first-order valence-corrected chi connectivity index (χ1v) is 7.01. The quantitative estimate of drug-likeness (QED) is 0.724. The molecule has 2 aromatic heterocycles. The van der Waals surface area contributed by atoms with Gasteiger partial charge in [-0.15, -0.1) is 0 Å². The minimum atomic E-state index is -0.423. The van der Waals surface area contributed by atoms with Crippen LogP contribution in [0.3, 0.4) is 0 Å². The van der Waals surface area contributed by atoms with Crippen molar-refractivity contribution >= 4 is 5.91 Å². The van der Waals surface area contributed by atoms with Gasteiger partial charge in [0.05, 0.1) is 11.8 Å². The summed E-state index contributed by atoms with van der Waals surface area (Å²) in [5.41, 5.74) is 0.256. The van der Waals surface area contributed by atoms with Gasteiger partial charge in [-0.1, -0.05) is 17.3 Å². The molecule has 0 aliphatic heterocycles. The number of amides is 1. The van der Waals surface area contributed by atoms with Gasteiger partial charge in [0.1, 0.15) is 5.82 Å². The van der Waals surface area contributed by atoms with Crippen LogP contribution in [0.4, 0.5) is 4.39 Å². The molecule has 3 aromatic rings. The summed E-state index contributed by atoms with van der Waals surface area (Å²) >= 11 is 0. The van der Waals surface area contributed by atoms with Crippen molar-refractivity contribution in [3.05, 3.63) is 60.1 Å². The molecule has 0 N–H and O–H groups in total. The molecule has 0 radical (unpaired) electrons. The van der Waals surface area contributed by atoms with Gasteiger partial charge < -0.3 is 13.8 Å². The van der Waals surface area contributed by atoms with Crippen LogP contribution < -0.4 is 0 Å². The molecule has 6 nitrogen and oxygen atoms in total. The lowest BCUT2D eigenvalue weighted by atomic mass is 10.2. The van der Waals surface area contributed by atoms with Gasteiger partial charge in [-0.3, -0.25) is 4.79 Å². The van der Waals surface area contributed by atoms with Gasteiger partial charge in [0.15, 0.2) is 11.6 Å². The number of likely N-dealkylation sites (N-methyl/N-ethyl adjacent to an activating group) is 1. The van der Waals surface area contributed by atoms with Gasteiger partial charge in [0, 0.05) is 20.0 Å². The molecule has 23 heavy (non-hydrogen) atoms. The average molecular weight is 315 g/mol. The minimum absolute atomic E-state index is 0.123. The first-order chi connectivity index (χ1) is 11.1. The van der Waals surface area contributed by atoms with Crippen LogP contribution in [0.25, 0.3) is 11.5 Å². The van der Waals surface area contributed by atoms with E-state index in [0.29, 0.717) is 18.8 Å².